The Kier molecular flexibility index (Phi) is 4.86. The van der Waals surface area contributed by atoms with Crippen LogP contribution in [-0.4, -0.2) is 47.4 Å². The van der Waals surface area contributed by atoms with Gasteiger partial charge in [0.15, 0.2) is 5.17 Å². The maximum atomic E-state index is 12.7. The molecule has 0 radical (unpaired) electrons. The van der Waals surface area contributed by atoms with Crippen molar-refractivity contribution in [3.8, 4) is 0 Å². The molecule has 2 heterocycles. The van der Waals surface area contributed by atoms with Gasteiger partial charge in [0.25, 0.3) is 0 Å². The molecular weight excluding hydrogens is 356 g/mol. The maximum absolute atomic E-state index is 12.7. The van der Waals surface area contributed by atoms with Crippen LogP contribution in [0.25, 0.3) is 0 Å². The number of fused-ring (bicyclic) bond motifs is 1. The Labute approximate surface area is 155 Å². The van der Waals surface area contributed by atoms with Gasteiger partial charge < -0.3 is 9.47 Å². The Morgan fingerprint density at radius 2 is 1.73 bits per heavy atom. The van der Waals surface area contributed by atoms with E-state index >= 15 is 0 Å². The number of esters is 2. The molecule has 0 unspecified atom stereocenters. The van der Waals surface area contributed by atoms with E-state index in [0.717, 1.165) is 0 Å². The Bertz CT molecular complexity index is 844. The van der Waals surface area contributed by atoms with Crippen LogP contribution in [0.2, 0.25) is 0 Å². The lowest BCUT2D eigenvalue weighted by Gasteiger charge is -2.32. The Morgan fingerprint density at radius 3 is 2.31 bits per heavy atom. The predicted molar refractivity (Wildman–Crippen MR) is 96.6 cm³/mol. The first-order valence-electron chi connectivity index (χ1n) is 7.94. The van der Waals surface area contributed by atoms with Crippen LogP contribution in [0, 0.1) is 0 Å². The van der Waals surface area contributed by atoms with Crippen molar-refractivity contribution in [1.82, 2.24) is 4.90 Å². The zero-order chi connectivity index (χ0) is 19.0. The van der Waals surface area contributed by atoms with Gasteiger partial charge in [-0.1, -0.05) is 23.9 Å². The van der Waals surface area contributed by atoms with Gasteiger partial charge in [-0.3, -0.25) is 9.69 Å². The van der Waals surface area contributed by atoms with Crippen molar-refractivity contribution in [2.24, 2.45) is 4.99 Å². The van der Waals surface area contributed by atoms with Crippen LogP contribution in [0.1, 0.15) is 35.8 Å². The summed E-state index contributed by atoms with van der Waals surface area (Å²) in [6.45, 7) is 3.53. The predicted octanol–water partition coefficient (Wildman–Crippen LogP) is 2.29. The summed E-state index contributed by atoms with van der Waals surface area (Å²) in [5, 5.41) is 0.282. The fourth-order valence-electron chi connectivity index (χ4n) is 3.01. The van der Waals surface area contributed by atoms with Crippen LogP contribution in [0.5, 0.6) is 0 Å². The van der Waals surface area contributed by atoms with E-state index in [4.69, 9.17) is 9.47 Å². The molecule has 7 nitrogen and oxygen atoms in total. The molecule has 0 spiro atoms. The van der Waals surface area contributed by atoms with E-state index in [-0.39, 0.29) is 11.2 Å². The topological polar surface area (TPSA) is 85.3 Å². The number of thioether (sulfide) groups is 1. The van der Waals surface area contributed by atoms with Crippen LogP contribution >= 0.6 is 11.8 Å². The van der Waals surface area contributed by atoms with Gasteiger partial charge in [-0.15, -0.1) is 0 Å². The second-order valence-electron chi connectivity index (χ2n) is 5.87. The molecule has 0 saturated carbocycles. The molecule has 136 valence electrons. The second kappa shape index (κ2) is 6.95. The molecule has 1 aromatic rings. The highest BCUT2D eigenvalue weighted by Crippen LogP contribution is 2.43. The summed E-state index contributed by atoms with van der Waals surface area (Å²) in [6, 6.07) is 5.97. The number of methoxy groups -OCH3 is 2. The van der Waals surface area contributed by atoms with Gasteiger partial charge in [0.1, 0.15) is 0 Å². The first kappa shape index (κ1) is 18.2. The van der Waals surface area contributed by atoms with E-state index in [1.807, 2.05) is 0 Å². The number of allylic oxidation sites excluding steroid dienone is 1. The Morgan fingerprint density at radius 1 is 1.12 bits per heavy atom. The Hall–Kier alpha value is -2.61. The first-order chi connectivity index (χ1) is 12.4. The molecule has 0 N–H and O–H groups in total. The van der Waals surface area contributed by atoms with E-state index < -0.39 is 18.0 Å². The highest BCUT2D eigenvalue weighted by atomic mass is 32.2. The van der Waals surface area contributed by atoms with Crippen molar-refractivity contribution < 1.29 is 23.9 Å². The third-order valence-electron chi connectivity index (χ3n) is 4.31. The largest absolute Gasteiger partial charge is 0.466 e. The smallest absolute Gasteiger partial charge is 0.338 e. The van der Waals surface area contributed by atoms with Crippen molar-refractivity contribution in [2.45, 2.75) is 25.1 Å². The van der Waals surface area contributed by atoms with E-state index in [9.17, 15) is 14.4 Å². The monoisotopic (exact) mass is 374 g/mol. The van der Waals surface area contributed by atoms with E-state index in [1.165, 1.54) is 30.9 Å². The van der Waals surface area contributed by atoms with Crippen LogP contribution in [0.15, 0.2) is 40.5 Å². The molecule has 0 bridgehead atoms. The van der Waals surface area contributed by atoms with Gasteiger partial charge in [0.2, 0.25) is 5.91 Å². The quantitative estimate of drug-likeness (QED) is 0.755. The summed E-state index contributed by atoms with van der Waals surface area (Å²) in [7, 11) is 2.60. The lowest BCUT2D eigenvalue weighted by atomic mass is 9.93. The summed E-state index contributed by atoms with van der Waals surface area (Å²) in [5.74, 6) is -1.11. The van der Waals surface area contributed by atoms with Crippen molar-refractivity contribution in [1.29, 1.82) is 0 Å². The lowest BCUT2D eigenvalue weighted by molar-refractivity contribution is -0.137. The minimum Gasteiger partial charge on any atom is -0.466 e. The lowest BCUT2D eigenvalue weighted by Crippen LogP contribution is -2.40. The number of amidine groups is 1. The number of benzene rings is 1. The fraction of sp³-hybridized carbons (Fsp3) is 0.333. The molecule has 1 fully saturated rings. The van der Waals surface area contributed by atoms with Crippen LogP contribution in [0.4, 0.5) is 0 Å². The van der Waals surface area contributed by atoms with E-state index in [1.54, 1.807) is 38.1 Å². The molecule has 2 aliphatic rings. The van der Waals surface area contributed by atoms with Gasteiger partial charge in [-0.2, -0.15) is 0 Å². The fourth-order valence-corrected chi connectivity index (χ4v) is 4.04. The molecule has 2 aliphatic heterocycles. The first-order valence-corrected chi connectivity index (χ1v) is 8.82. The third kappa shape index (κ3) is 2.90. The van der Waals surface area contributed by atoms with Gasteiger partial charge >= 0.3 is 11.9 Å². The summed E-state index contributed by atoms with van der Waals surface area (Å²) < 4.78 is 9.62. The highest BCUT2D eigenvalue weighted by molar-refractivity contribution is 8.15. The number of carbonyl (C=O) groups excluding carboxylic acids is 3. The van der Waals surface area contributed by atoms with Gasteiger partial charge in [0.05, 0.1) is 42.3 Å². The standard InChI is InChI=1S/C18H18N2O5S/c1-9-13(17(23)25-4)14(20-15(21)10(2)26-18(20)19-9)11-5-7-12(8-6-11)16(22)24-3/h5-8,10,14H,1-4H3/t10-,14+/m0/s1. The Balaban J connectivity index is 2.11. The van der Waals surface area contributed by atoms with E-state index in [0.29, 0.717) is 27.6 Å². The van der Waals surface area contributed by atoms with E-state index in [2.05, 4.69) is 4.99 Å². The highest BCUT2D eigenvalue weighted by Gasteiger charge is 2.46. The van der Waals surface area contributed by atoms with Gasteiger partial charge in [-0.05, 0) is 31.5 Å². The number of rotatable bonds is 3. The van der Waals surface area contributed by atoms with Crippen molar-refractivity contribution >= 4 is 34.8 Å². The van der Waals surface area contributed by atoms with Crippen LogP contribution in [-0.2, 0) is 19.1 Å². The summed E-state index contributed by atoms with van der Waals surface area (Å²) in [6.07, 6.45) is 0. The summed E-state index contributed by atoms with van der Waals surface area (Å²) >= 11 is 1.36. The number of ether oxygens (including phenoxy) is 2. The number of amides is 1. The van der Waals surface area contributed by atoms with Crippen molar-refractivity contribution in [3.05, 3.63) is 46.7 Å². The average molecular weight is 374 g/mol. The third-order valence-corrected chi connectivity index (χ3v) is 5.37. The number of hydrogen-bond donors (Lipinski definition) is 0. The van der Waals surface area contributed by atoms with Crippen LogP contribution in [0.3, 0.4) is 0 Å². The number of nitrogens with zero attached hydrogens (tertiary/aromatic N) is 2. The number of aliphatic imine (C=N–C) groups is 1. The second-order valence-corrected chi connectivity index (χ2v) is 7.18. The number of hydrogen-bond acceptors (Lipinski definition) is 7. The average Bonchev–Trinajstić information content (AvgIpc) is 2.93. The molecular formula is C18H18N2O5S. The normalized spacial score (nSPS) is 22.1. The molecule has 1 saturated heterocycles. The minimum atomic E-state index is -0.647. The molecule has 1 aromatic carbocycles. The van der Waals surface area contributed by atoms with Gasteiger partial charge in [0, 0.05) is 0 Å². The molecule has 2 atom stereocenters. The molecule has 8 heteroatoms. The molecule has 1 amide bonds. The number of carbonyl (C=O) groups is 3. The molecule has 26 heavy (non-hydrogen) atoms. The molecule has 0 aliphatic carbocycles. The summed E-state index contributed by atoms with van der Waals surface area (Å²) in [5.41, 5.74) is 1.90. The molecule has 0 aromatic heterocycles. The van der Waals surface area contributed by atoms with Crippen molar-refractivity contribution in [2.75, 3.05) is 14.2 Å². The molecule has 3 rings (SSSR count). The van der Waals surface area contributed by atoms with Gasteiger partial charge in [-0.25, -0.2) is 14.6 Å². The zero-order valence-corrected chi connectivity index (χ0v) is 15.6. The maximum Gasteiger partial charge on any atom is 0.338 e. The van der Waals surface area contributed by atoms with Crippen molar-refractivity contribution in [3.63, 3.8) is 0 Å². The summed E-state index contributed by atoms with van der Waals surface area (Å²) in [4.78, 5) is 42.7. The minimum absolute atomic E-state index is 0.121. The SMILES string of the molecule is COC(=O)C1=C(C)N=C2S[C@@H](C)C(=O)N2[C@@H]1c1ccc(C(=O)OC)cc1. The zero-order valence-electron chi connectivity index (χ0n) is 14.8. The van der Waals surface area contributed by atoms with Crippen LogP contribution < -0.4 is 0 Å².